The first-order valence-corrected chi connectivity index (χ1v) is 19.2. The van der Waals surface area contributed by atoms with Gasteiger partial charge in [-0.25, -0.2) is 9.36 Å². The van der Waals surface area contributed by atoms with E-state index in [4.69, 9.17) is 9.84 Å². The summed E-state index contributed by atoms with van der Waals surface area (Å²) in [7, 11) is -4.72. The molecule has 0 aliphatic carbocycles. The summed E-state index contributed by atoms with van der Waals surface area (Å²) in [6, 6.07) is -1.54. The average Bonchev–Trinajstić information content (AvgIpc) is 3.01. The second kappa shape index (κ2) is 30.5. The fraction of sp³-hybridized carbons (Fsp3) is 0.853. The zero-order valence-corrected chi connectivity index (χ0v) is 29.5. The average molecular weight is 678 g/mol. The summed E-state index contributed by atoms with van der Waals surface area (Å²) in [4.78, 5) is 44.5. The van der Waals surface area contributed by atoms with E-state index < -0.39 is 57.6 Å². The molecule has 0 rings (SSSR count). The summed E-state index contributed by atoms with van der Waals surface area (Å²) in [5.41, 5.74) is 0. The lowest BCUT2D eigenvalue weighted by Gasteiger charge is -2.18. The predicted molar refractivity (Wildman–Crippen MR) is 180 cm³/mol. The molecule has 12 heteroatoms. The van der Waals surface area contributed by atoms with Crippen LogP contribution in [0.4, 0.5) is 0 Å². The number of amides is 1. The van der Waals surface area contributed by atoms with Crippen LogP contribution in [-0.4, -0.2) is 64.9 Å². The van der Waals surface area contributed by atoms with Gasteiger partial charge in [0.25, 0.3) is 0 Å². The maximum absolute atomic E-state index is 12.0. The van der Waals surface area contributed by atoms with Gasteiger partial charge in [0.05, 0.1) is 13.2 Å². The first kappa shape index (κ1) is 44.2. The van der Waals surface area contributed by atoms with E-state index in [2.05, 4.69) is 33.4 Å². The summed E-state index contributed by atoms with van der Waals surface area (Å²) in [6.07, 6.45) is 27.6. The molecule has 0 radical (unpaired) electrons. The number of hydrogen-bond acceptors (Lipinski definition) is 8. The van der Waals surface area contributed by atoms with Gasteiger partial charge in [-0.2, -0.15) is 0 Å². The number of nitrogens with one attached hydrogen (secondary N) is 1. The topological polar surface area (TPSA) is 169 Å². The zero-order valence-electron chi connectivity index (χ0n) is 28.6. The highest BCUT2D eigenvalue weighted by Crippen LogP contribution is 2.43. The molecule has 3 atom stereocenters. The third-order valence-electron chi connectivity index (χ3n) is 7.52. The van der Waals surface area contributed by atoms with Crippen molar-refractivity contribution in [1.29, 1.82) is 0 Å². The van der Waals surface area contributed by atoms with Gasteiger partial charge in [0.15, 0.2) is 6.04 Å². The molecule has 1 amide bonds. The van der Waals surface area contributed by atoms with E-state index in [9.17, 15) is 28.9 Å². The molecule has 0 saturated carbocycles. The van der Waals surface area contributed by atoms with Crippen LogP contribution in [0.3, 0.4) is 0 Å². The number of allylic oxidation sites excluding steroid dienone is 2. The lowest BCUT2D eigenvalue weighted by atomic mass is 10.0. The van der Waals surface area contributed by atoms with Gasteiger partial charge in [-0.05, 0) is 38.5 Å². The fourth-order valence-electron chi connectivity index (χ4n) is 4.76. The van der Waals surface area contributed by atoms with Crippen LogP contribution in [0.1, 0.15) is 155 Å². The molecule has 270 valence electrons. The summed E-state index contributed by atoms with van der Waals surface area (Å²) in [5, 5.41) is 21.2. The number of unbranched alkanes of at least 4 members (excludes halogenated alkanes) is 17. The molecular formula is C34H64NO10P. The van der Waals surface area contributed by atoms with Crippen LogP contribution in [0.2, 0.25) is 0 Å². The number of carboxylic acid groups (broad SMARTS) is 1. The lowest BCUT2D eigenvalue weighted by molar-refractivity contribution is -0.147. The van der Waals surface area contributed by atoms with Gasteiger partial charge < -0.3 is 25.2 Å². The quantitative estimate of drug-likeness (QED) is 0.0233. The number of aliphatic hydroxyl groups is 1. The molecule has 0 spiro atoms. The van der Waals surface area contributed by atoms with Crippen molar-refractivity contribution in [3.63, 3.8) is 0 Å². The van der Waals surface area contributed by atoms with Gasteiger partial charge in [-0.3, -0.25) is 18.6 Å². The van der Waals surface area contributed by atoms with Gasteiger partial charge >= 0.3 is 19.8 Å². The number of hydrogen-bond donors (Lipinski definition) is 4. The summed E-state index contributed by atoms with van der Waals surface area (Å²) < 4.78 is 26.3. The second-order valence-electron chi connectivity index (χ2n) is 12.1. The minimum atomic E-state index is -4.72. The molecule has 3 unspecified atom stereocenters. The highest BCUT2D eigenvalue weighted by Gasteiger charge is 2.28. The molecule has 0 aliphatic rings. The lowest BCUT2D eigenvalue weighted by Crippen LogP contribution is -2.43. The third-order valence-corrected chi connectivity index (χ3v) is 8.47. The van der Waals surface area contributed by atoms with Crippen LogP contribution in [0.15, 0.2) is 12.2 Å². The Labute approximate surface area is 277 Å². The van der Waals surface area contributed by atoms with Crippen LogP contribution in [0.5, 0.6) is 0 Å². The number of carbonyl (C=O) groups is 3. The number of esters is 1. The van der Waals surface area contributed by atoms with Crippen molar-refractivity contribution in [3.05, 3.63) is 12.2 Å². The second-order valence-corrected chi connectivity index (χ2v) is 13.5. The molecule has 0 saturated heterocycles. The molecule has 0 bridgehead atoms. The molecule has 0 aromatic carbocycles. The van der Waals surface area contributed by atoms with Crippen LogP contribution in [0.25, 0.3) is 0 Å². The smallest absolute Gasteiger partial charge is 0.472 e. The number of phosphoric acid groups is 1. The van der Waals surface area contributed by atoms with Crippen molar-refractivity contribution in [2.24, 2.45) is 0 Å². The predicted octanol–water partition coefficient (Wildman–Crippen LogP) is 7.77. The number of rotatable bonds is 33. The molecule has 0 aromatic heterocycles. The summed E-state index contributed by atoms with van der Waals surface area (Å²) >= 11 is 0. The van der Waals surface area contributed by atoms with Crippen molar-refractivity contribution in [2.75, 3.05) is 19.8 Å². The Morgan fingerprint density at radius 2 is 1.15 bits per heavy atom. The normalized spacial score (nSPS) is 14.2. The van der Waals surface area contributed by atoms with Gasteiger partial charge in [-0.15, -0.1) is 0 Å². The number of phosphoric ester groups is 1. The molecule has 0 heterocycles. The highest BCUT2D eigenvalue weighted by atomic mass is 31.2. The van der Waals surface area contributed by atoms with Gasteiger partial charge in [-0.1, -0.05) is 116 Å². The minimum Gasteiger partial charge on any atom is -0.480 e. The Morgan fingerprint density at radius 3 is 1.65 bits per heavy atom. The standard InChI is InChI=1S/C34H64NO10P/c1-3-5-6-7-8-9-10-11-12-13-14-15-16-17-18-19-20-21-22-23-24-26-33(38)43-27-30(36)28-44-46(41,42)45-29-31(34(39)40)35-32(37)25-4-2/h11-12,30-31,36H,3-10,13-29H2,1-2H3,(H,35,37)(H,39,40)(H,41,42)/b12-11+. The number of carbonyl (C=O) groups excluding carboxylic acids is 2. The first-order chi connectivity index (χ1) is 22.1. The Morgan fingerprint density at radius 1 is 0.674 bits per heavy atom. The fourth-order valence-corrected chi connectivity index (χ4v) is 5.54. The Hall–Kier alpha value is -1.78. The highest BCUT2D eigenvalue weighted by molar-refractivity contribution is 7.47. The monoisotopic (exact) mass is 677 g/mol. The zero-order chi connectivity index (χ0) is 34.3. The van der Waals surface area contributed by atoms with E-state index in [1.54, 1.807) is 6.92 Å². The molecule has 11 nitrogen and oxygen atoms in total. The molecular weight excluding hydrogens is 613 g/mol. The van der Waals surface area contributed by atoms with E-state index in [-0.39, 0.29) is 12.8 Å². The van der Waals surface area contributed by atoms with E-state index in [0.29, 0.717) is 12.8 Å². The van der Waals surface area contributed by atoms with Crippen molar-refractivity contribution in [1.82, 2.24) is 5.32 Å². The summed E-state index contributed by atoms with van der Waals surface area (Å²) in [6.45, 7) is 2.11. The minimum absolute atomic E-state index is 0.0975. The van der Waals surface area contributed by atoms with E-state index in [0.717, 1.165) is 19.3 Å². The number of aliphatic carboxylic acids is 1. The van der Waals surface area contributed by atoms with E-state index in [1.807, 2.05) is 0 Å². The Bertz CT molecular complexity index is 854. The van der Waals surface area contributed by atoms with Crippen LogP contribution < -0.4 is 5.32 Å². The molecule has 0 aliphatic heterocycles. The van der Waals surface area contributed by atoms with Crippen molar-refractivity contribution in [3.8, 4) is 0 Å². The van der Waals surface area contributed by atoms with Gasteiger partial charge in [0, 0.05) is 12.8 Å². The molecule has 0 aromatic rings. The van der Waals surface area contributed by atoms with Crippen LogP contribution in [-0.2, 0) is 32.7 Å². The Balaban J connectivity index is 3.67. The molecule has 0 fully saturated rings. The van der Waals surface area contributed by atoms with E-state index in [1.165, 1.54) is 96.3 Å². The van der Waals surface area contributed by atoms with Gasteiger partial charge in [0.2, 0.25) is 5.91 Å². The van der Waals surface area contributed by atoms with Crippen molar-refractivity contribution < 1.29 is 47.8 Å². The Kier molecular flexibility index (Phi) is 29.4. The van der Waals surface area contributed by atoms with Crippen LogP contribution >= 0.6 is 7.82 Å². The maximum atomic E-state index is 12.0. The van der Waals surface area contributed by atoms with Crippen LogP contribution in [0, 0.1) is 0 Å². The molecule has 4 N–H and O–H groups in total. The van der Waals surface area contributed by atoms with Gasteiger partial charge in [0.1, 0.15) is 12.7 Å². The number of carboxylic acids is 1. The SMILES string of the molecule is CCCCCCCC/C=C/CCCCCCCCCCCCCC(=O)OCC(O)COP(=O)(O)OCC(NC(=O)CCC)C(=O)O. The first-order valence-electron chi connectivity index (χ1n) is 17.7. The number of ether oxygens (including phenoxy) is 1. The third kappa shape index (κ3) is 29.6. The van der Waals surface area contributed by atoms with Crippen molar-refractivity contribution in [2.45, 2.75) is 167 Å². The van der Waals surface area contributed by atoms with Crippen molar-refractivity contribution >= 4 is 25.7 Å². The summed E-state index contributed by atoms with van der Waals surface area (Å²) in [5.74, 6) is -2.44. The van der Waals surface area contributed by atoms with E-state index >= 15 is 0 Å². The maximum Gasteiger partial charge on any atom is 0.472 e. The largest absolute Gasteiger partial charge is 0.480 e. The number of aliphatic hydroxyl groups excluding tert-OH is 1. The molecule has 46 heavy (non-hydrogen) atoms.